The Morgan fingerprint density at radius 3 is 2.60 bits per heavy atom. The van der Waals surface area contributed by atoms with Gasteiger partial charge in [0, 0.05) is 13.0 Å². The fraction of sp³-hybridized carbons (Fsp3) is 0.333. The van der Waals surface area contributed by atoms with Crippen LogP contribution in [-0.4, -0.2) is 43.9 Å². The van der Waals surface area contributed by atoms with E-state index in [1.165, 1.54) is 16.4 Å². The van der Waals surface area contributed by atoms with Gasteiger partial charge in [-0.25, -0.2) is 17.6 Å². The van der Waals surface area contributed by atoms with Crippen LogP contribution in [0, 0.1) is 5.82 Å². The third-order valence-corrected chi connectivity index (χ3v) is 7.23. The Hall–Kier alpha value is -2.78. The quantitative estimate of drug-likeness (QED) is 0.673. The number of hydrogen-bond acceptors (Lipinski definition) is 6. The van der Waals surface area contributed by atoms with Crippen LogP contribution in [0.4, 0.5) is 4.39 Å². The lowest BCUT2D eigenvalue weighted by Crippen LogP contribution is -2.41. The van der Waals surface area contributed by atoms with Gasteiger partial charge in [-0.15, -0.1) is 0 Å². The predicted octanol–water partition coefficient (Wildman–Crippen LogP) is 2.36. The van der Waals surface area contributed by atoms with Crippen molar-refractivity contribution in [2.45, 2.75) is 36.3 Å². The summed E-state index contributed by atoms with van der Waals surface area (Å²) in [7, 11) is -3.99. The van der Waals surface area contributed by atoms with Crippen LogP contribution >= 0.6 is 0 Å². The van der Waals surface area contributed by atoms with E-state index in [0.29, 0.717) is 12.0 Å². The lowest BCUT2D eigenvalue weighted by molar-refractivity contribution is -0.160. The molecule has 4 rings (SSSR count). The van der Waals surface area contributed by atoms with Gasteiger partial charge in [0.1, 0.15) is 5.82 Å². The van der Waals surface area contributed by atoms with Crippen LogP contribution in [0.25, 0.3) is 0 Å². The summed E-state index contributed by atoms with van der Waals surface area (Å²) in [5.41, 5.74) is 1.65. The fourth-order valence-electron chi connectivity index (χ4n) is 3.82. The SMILES string of the molecule is O=C(C[C@H]1c2ccccc2CCN1S(=O)(=O)c1ccc(F)cc1)O[C@H]1CCOC1=O. The number of hydrogen-bond donors (Lipinski definition) is 0. The molecule has 0 spiro atoms. The van der Waals surface area contributed by atoms with E-state index in [2.05, 4.69) is 0 Å². The fourth-order valence-corrected chi connectivity index (χ4v) is 5.42. The van der Waals surface area contributed by atoms with Gasteiger partial charge in [0.05, 0.1) is 24.0 Å². The van der Waals surface area contributed by atoms with Crippen molar-refractivity contribution in [3.8, 4) is 0 Å². The third kappa shape index (κ3) is 3.95. The number of ether oxygens (including phenoxy) is 2. The third-order valence-electron chi connectivity index (χ3n) is 5.30. The van der Waals surface area contributed by atoms with Gasteiger partial charge < -0.3 is 9.47 Å². The Morgan fingerprint density at radius 1 is 1.17 bits per heavy atom. The first-order valence-corrected chi connectivity index (χ1v) is 11.0. The summed E-state index contributed by atoms with van der Waals surface area (Å²) < 4.78 is 51.1. The van der Waals surface area contributed by atoms with Gasteiger partial charge in [0.2, 0.25) is 16.1 Å². The van der Waals surface area contributed by atoms with Crippen LogP contribution in [0.15, 0.2) is 53.4 Å². The molecule has 0 saturated carbocycles. The Labute approximate surface area is 173 Å². The van der Waals surface area contributed by atoms with Gasteiger partial charge in [-0.2, -0.15) is 4.31 Å². The minimum absolute atomic E-state index is 0.0546. The zero-order chi connectivity index (χ0) is 21.3. The van der Waals surface area contributed by atoms with Crippen LogP contribution in [0.2, 0.25) is 0 Å². The number of rotatable bonds is 5. The van der Waals surface area contributed by atoms with Gasteiger partial charge in [-0.1, -0.05) is 24.3 Å². The lowest BCUT2D eigenvalue weighted by Gasteiger charge is -2.36. The van der Waals surface area contributed by atoms with Crippen molar-refractivity contribution in [3.05, 3.63) is 65.5 Å². The number of sulfonamides is 1. The number of esters is 2. The zero-order valence-corrected chi connectivity index (χ0v) is 16.8. The highest BCUT2D eigenvalue weighted by Gasteiger charge is 2.39. The molecular formula is C21H20FNO6S. The molecule has 0 unspecified atom stereocenters. The van der Waals surface area contributed by atoms with Crippen molar-refractivity contribution >= 4 is 22.0 Å². The molecule has 2 atom stereocenters. The monoisotopic (exact) mass is 433 g/mol. The maximum Gasteiger partial charge on any atom is 0.347 e. The summed E-state index contributed by atoms with van der Waals surface area (Å²) in [5.74, 6) is -1.82. The van der Waals surface area contributed by atoms with E-state index in [-0.39, 0.29) is 30.9 Å². The molecule has 158 valence electrons. The average Bonchev–Trinajstić information content (AvgIpc) is 3.12. The zero-order valence-electron chi connectivity index (χ0n) is 16.0. The van der Waals surface area contributed by atoms with E-state index in [1.54, 1.807) is 12.1 Å². The van der Waals surface area contributed by atoms with Crippen molar-refractivity contribution < 1.29 is 31.9 Å². The van der Waals surface area contributed by atoms with E-state index < -0.39 is 39.9 Å². The molecule has 1 saturated heterocycles. The molecule has 0 aromatic heterocycles. The molecule has 1 fully saturated rings. The molecule has 30 heavy (non-hydrogen) atoms. The standard InChI is InChI=1S/C21H20FNO6S/c22-15-5-7-16(8-6-15)30(26,27)23-11-9-14-3-1-2-4-17(14)18(23)13-20(24)29-19-10-12-28-21(19)25/h1-8,18-19H,9-13H2/t18-,19-/m0/s1. The van der Waals surface area contributed by atoms with Crippen molar-refractivity contribution in [1.82, 2.24) is 4.31 Å². The number of halogens is 1. The van der Waals surface area contributed by atoms with Gasteiger partial charge in [-0.3, -0.25) is 4.79 Å². The summed E-state index contributed by atoms with van der Waals surface area (Å²) in [6, 6.07) is 11.1. The van der Waals surface area contributed by atoms with Crippen LogP contribution < -0.4 is 0 Å². The molecule has 7 nitrogen and oxygen atoms in total. The van der Waals surface area contributed by atoms with E-state index in [4.69, 9.17) is 9.47 Å². The second-order valence-electron chi connectivity index (χ2n) is 7.17. The maximum absolute atomic E-state index is 13.3. The topological polar surface area (TPSA) is 90.0 Å². The molecule has 0 aliphatic carbocycles. The van der Waals surface area contributed by atoms with E-state index >= 15 is 0 Å². The maximum atomic E-state index is 13.3. The minimum Gasteiger partial charge on any atom is -0.463 e. The van der Waals surface area contributed by atoms with Crippen LogP contribution in [0.5, 0.6) is 0 Å². The van der Waals surface area contributed by atoms with Gasteiger partial charge in [0.15, 0.2) is 0 Å². The summed E-state index contributed by atoms with van der Waals surface area (Å²) in [6.45, 7) is 0.355. The molecule has 0 amide bonds. The predicted molar refractivity (Wildman–Crippen MR) is 103 cm³/mol. The number of benzene rings is 2. The van der Waals surface area contributed by atoms with Crippen molar-refractivity contribution in [3.63, 3.8) is 0 Å². The summed E-state index contributed by atoms with van der Waals surface area (Å²) in [5, 5.41) is 0. The highest BCUT2D eigenvalue weighted by Crippen LogP contribution is 2.36. The molecular weight excluding hydrogens is 413 g/mol. The van der Waals surface area contributed by atoms with Gasteiger partial charge in [0.25, 0.3) is 0 Å². The first-order chi connectivity index (χ1) is 14.4. The van der Waals surface area contributed by atoms with Crippen molar-refractivity contribution in [1.29, 1.82) is 0 Å². The molecule has 2 aliphatic heterocycles. The Balaban J connectivity index is 1.64. The smallest absolute Gasteiger partial charge is 0.347 e. The summed E-state index contributed by atoms with van der Waals surface area (Å²) in [4.78, 5) is 24.1. The lowest BCUT2D eigenvalue weighted by atomic mass is 9.92. The molecule has 0 N–H and O–H groups in total. The van der Waals surface area contributed by atoms with Gasteiger partial charge in [-0.05, 0) is 41.8 Å². The number of carbonyl (C=O) groups excluding carboxylic acids is 2. The molecule has 2 aromatic carbocycles. The molecule has 2 aromatic rings. The second-order valence-corrected chi connectivity index (χ2v) is 9.06. The molecule has 0 radical (unpaired) electrons. The molecule has 0 bridgehead atoms. The summed E-state index contributed by atoms with van der Waals surface area (Å²) in [6.07, 6.45) is -0.444. The molecule has 2 heterocycles. The van der Waals surface area contributed by atoms with Crippen LogP contribution in [0.1, 0.15) is 30.0 Å². The number of fused-ring (bicyclic) bond motifs is 1. The second kappa shape index (κ2) is 8.16. The number of cyclic esters (lactones) is 1. The highest BCUT2D eigenvalue weighted by molar-refractivity contribution is 7.89. The highest BCUT2D eigenvalue weighted by atomic mass is 32.2. The largest absolute Gasteiger partial charge is 0.463 e. The first kappa shape index (κ1) is 20.5. The number of nitrogens with zero attached hydrogens (tertiary/aromatic N) is 1. The number of carbonyl (C=O) groups is 2. The van der Waals surface area contributed by atoms with E-state index in [9.17, 15) is 22.4 Å². The average molecular weight is 433 g/mol. The Kier molecular flexibility index (Phi) is 5.57. The molecule has 9 heteroatoms. The Bertz CT molecular complexity index is 1070. The van der Waals surface area contributed by atoms with E-state index in [0.717, 1.165) is 17.7 Å². The van der Waals surface area contributed by atoms with Crippen LogP contribution in [0.3, 0.4) is 0 Å². The minimum atomic E-state index is -3.99. The first-order valence-electron chi connectivity index (χ1n) is 9.57. The van der Waals surface area contributed by atoms with Gasteiger partial charge >= 0.3 is 11.9 Å². The van der Waals surface area contributed by atoms with Crippen molar-refractivity contribution in [2.24, 2.45) is 0 Å². The molecule has 2 aliphatic rings. The normalized spacial score (nSPS) is 21.7. The Morgan fingerprint density at radius 2 is 1.90 bits per heavy atom. The van der Waals surface area contributed by atoms with Crippen LogP contribution in [-0.2, 0) is 35.5 Å². The van der Waals surface area contributed by atoms with E-state index in [1.807, 2.05) is 12.1 Å². The van der Waals surface area contributed by atoms with Crippen molar-refractivity contribution in [2.75, 3.05) is 13.2 Å². The summed E-state index contributed by atoms with van der Waals surface area (Å²) >= 11 is 0.